The maximum absolute atomic E-state index is 2.76. The van der Waals surface area contributed by atoms with E-state index in [0.717, 1.165) is 11.8 Å². The van der Waals surface area contributed by atoms with E-state index in [-0.39, 0.29) is 13.6 Å². The lowest BCUT2D eigenvalue weighted by molar-refractivity contribution is 0.301. The Morgan fingerprint density at radius 1 is 0.882 bits per heavy atom. The van der Waals surface area contributed by atoms with E-state index in [9.17, 15) is 0 Å². The maximum atomic E-state index is 2.76. The highest BCUT2D eigenvalue weighted by Crippen LogP contribution is 2.18. The second-order valence-corrected chi connectivity index (χ2v) is 6.59. The predicted molar refractivity (Wildman–Crippen MR) is 86.5 cm³/mol. The highest BCUT2D eigenvalue weighted by Gasteiger charge is 2.13. The smallest absolute Gasteiger partial charge is 0.00424 e. The second-order valence-electron chi connectivity index (χ2n) is 5.13. The van der Waals surface area contributed by atoms with E-state index in [1.807, 2.05) is 0 Å². The molecule has 2 aliphatic heterocycles. The van der Waals surface area contributed by atoms with Gasteiger partial charge in [0.1, 0.15) is 0 Å². The Kier molecular flexibility index (Phi) is 12.6. The van der Waals surface area contributed by atoms with Crippen LogP contribution in [0.1, 0.15) is 40.5 Å². The number of hydrogen-bond donors (Lipinski definition) is 1. The van der Waals surface area contributed by atoms with Gasteiger partial charge in [0, 0.05) is 26.2 Å². The van der Waals surface area contributed by atoms with Crippen LogP contribution in [0.2, 0.25) is 0 Å². The van der Waals surface area contributed by atoms with Crippen LogP contribution in [0.25, 0.3) is 0 Å². The van der Waals surface area contributed by atoms with Crippen molar-refractivity contribution in [3.05, 3.63) is 0 Å². The summed E-state index contributed by atoms with van der Waals surface area (Å²) in [6.07, 6.45) is 4.18. The molecule has 4 atom stereocenters. The van der Waals surface area contributed by atoms with Gasteiger partial charge in [-0.3, -0.25) is 9.34 Å². The molecule has 3 nitrogen and oxygen atoms in total. The van der Waals surface area contributed by atoms with Gasteiger partial charge >= 0.3 is 0 Å². The molecule has 2 saturated heterocycles. The summed E-state index contributed by atoms with van der Waals surface area (Å²) >= 11 is 0. The molecule has 0 bridgehead atoms. The van der Waals surface area contributed by atoms with Gasteiger partial charge in [-0.1, -0.05) is 40.1 Å². The van der Waals surface area contributed by atoms with E-state index in [0.29, 0.717) is 0 Å². The zero-order chi connectivity index (χ0) is 11.3. The molecule has 0 aromatic heterocycles. The molecule has 0 aromatic rings. The van der Waals surface area contributed by atoms with Crippen LogP contribution in [0.4, 0.5) is 0 Å². The van der Waals surface area contributed by atoms with Crippen LogP contribution >= 0.6 is 18.8 Å². The highest BCUT2D eigenvalue weighted by atomic mass is 31.0. The van der Waals surface area contributed by atoms with Gasteiger partial charge in [0.25, 0.3) is 0 Å². The molecular formula is C12H33N3P2. The van der Waals surface area contributed by atoms with Crippen molar-refractivity contribution in [2.75, 3.05) is 26.2 Å². The second kappa shape index (κ2) is 10.6. The van der Waals surface area contributed by atoms with Crippen LogP contribution in [-0.4, -0.2) is 35.5 Å². The van der Waals surface area contributed by atoms with Crippen LogP contribution in [0.3, 0.4) is 0 Å². The first-order valence-corrected chi connectivity index (χ1v) is 7.10. The van der Waals surface area contributed by atoms with Gasteiger partial charge in [0.15, 0.2) is 0 Å². The third kappa shape index (κ3) is 9.33. The predicted octanol–water partition coefficient (Wildman–Crippen LogP) is 3.42. The van der Waals surface area contributed by atoms with Crippen molar-refractivity contribution in [1.29, 1.82) is 0 Å². The van der Waals surface area contributed by atoms with Gasteiger partial charge < -0.3 is 6.15 Å². The number of nitrogens with zero attached hydrogens (tertiary/aromatic N) is 2. The Balaban J connectivity index is 0. The van der Waals surface area contributed by atoms with Gasteiger partial charge in [-0.2, -0.15) is 0 Å². The summed E-state index contributed by atoms with van der Waals surface area (Å²) in [6, 6.07) is 0. The molecule has 2 heterocycles. The zero-order valence-electron chi connectivity index (χ0n) is 10.9. The van der Waals surface area contributed by atoms with Crippen molar-refractivity contribution < 1.29 is 0 Å². The zero-order valence-corrected chi connectivity index (χ0v) is 13.2. The van der Waals surface area contributed by atoms with Gasteiger partial charge in [0.05, 0.1) is 0 Å². The maximum Gasteiger partial charge on any atom is 0.00424 e. The fourth-order valence-corrected chi connectivity index (χ4v) is 3.25. The summed E-state index contributed by atoms with van der Waals surface area (Å²) in [5, 5.41) is 0. The van der Waals surface area contributed by atoms with Crippen LogP contribution < -0.4 is 6.15 Å². The summed E-state index contributed by atoms with van der Waals surface area (Å²) in [6.45, 7) is 9.69. The monoisotopic (exact) mass is 281 g/mol. The van der Waals surface area contributed by atoms with Crippen LogP contribution in [0.15, 0.2) is 0 Å². The average molecular weight is 281 g/mol. The Labute approximate surface area is 113 Å². The molecule has 2 rings (SSSR count). The molecule has 0 saturated carbocycles. The topological polar surface area (TPSA) is 41.5 Å². The SMILES string of the molecule is C.CC1CCCN(P)C1.CC1CCN(P)C1.N. The lowest BCUT2D eigenvalue weighted by atomic mass is 10.0. The molecule has 17 heavy (non-hydrogen) atoms. The van der Waals surface area contributed by atoms with Crippen molar-refractivity contribution >= 4 is 18.8 Å². The standard InChI is InChI=1S/C6H14NP.C5H12NP.CH4.H3N/c1-6-3-2-4-7(8)5-6;1-5-2-3-6(7)4-5;;/h6H,2-5,8H2,1H3;5H,2-4,7H2,1H3;1H4;1H3. The van der Waals surface area contributed by atoms with E-state index in [1.54, 1.807) is 0 Å². The van der Waals surface area contributed by atoms with Crippen LogP contribution in [0.5, 0.6) is 0 Å². The van der Waals surface area contributed by atoms with Crippen molar-refractivity contribution in [1.82, 2.24) is 15.5 Å². The minimum absolute atomic E-state index is 0. The molecule has 5 heteroatoms. The highest BCUT2D eigenvalue weighted by molar-refractivity contribution is 7.13. The van der Waals surface area contributed by atoms with Crippen molar-refractivity contribution in [3.63, 3.8) is 0 Å². The Bertz CT molecular complexity index is 165. The third-order valence-electron chi connectivity index (χ3n) is 3.14. The van der Waals surface area contributed by atoms with Crippen molar-refractivity contribution in [2.45, 2.75) is 40.5 Å². The Hall–Kier alpha value is 0.740. The molecule has 2 fully saturated rings. The summed E-state index contributed by atoms with van der Waals surface area (Å²) in [5.41, 5.74) is 0. The van der Waals surface area contributed by atoms with E-state index < -0.39 is 0 Å². The molecule has 0 amide bonds. The Morgan fingerprint density at radius 3 is 1.59 bits per heavy atom. The molecule has 4 unspecified atom stereocenters. The fraction of sp³-hybridized carbons (Fsp3) is 1.00. The normalized spacial score (nSPS) is 29.6. The molecule has 0 aromatic carbocycles. The van der Waals surface area contributed by atoms with E-state index in [4.69, 9.17) is 0 Å². The quantitative estimate of drug-likeness (QED) is 0.692. The van der Waals surface area contributed by atoms with Gasteiger partial charge in [-0.05, 0) is 31.1 Å². The van der Waals surface area contributed by atoms with E-state index in [2.05, 4.69) is 42.0 Å². The minimum Gasteiger partial charge on any atom is -0.344 e. The minimum atomic E-state index is 0. The molecular weight excluding hydrogens is 248 g/mol. The molecule has 3 N–H and O–H groups in total. The third-order valence-corrected chi connectivity index (χ3v) is 4.08. The first-order chi connectivity index (χ1) is 7.08. The number of hydrogen-bond acceptors (Lipinski definition) is 3. The summed E-state index contributed by atoms with van der Waals surface area (Å²) in [4.78, 5) is 0. The van der Waals surface area contributed by atoms with Gasteiger partial charge in [-0.25, -0.2) is 0 Å². The lowest BCUT2D eigenvalue weighted by Crippen LogP contribution is -2.25. The summed E-state index contributed by atoms with van der Waals surface area (Å²) < 4.78 is 4.62. The van der Waals surface area contributed by atoms with Gasteiger partial charge in [0.2, 0.25) is 0 Å². The molecule has 0 spiro atoms. The lowest BCUT2D eigenvalue weighted by Gasteiger charge is -2.26. The number of piperidine rings is 1. The van der Waals surface area contributed by atoms with Crippen molar-refractivity contribution in [2.24, 2.45) is 11.8 Å². The fourth-order valence-electron chi connectivity index (χ4n) is 2.19. The molecule has 0 radical (unpaired) electrons. The van der Waals surface area contributed by atoms with Crippen LogP contribution in [0, 0.1) is 11.8 Å². The summed E-state index contributed by atoms with van der Waals surface area (Å²) in [7, 11) is 5.49. The average Bonchev–Trinajstić information content (AvgIpc) is 2.50. The first kappa shape index (κ1) is 20.1. The van der Waals surface area contributed by atoms with E-state index in [1.165, 1.54) is 45.4 Å². The largest absolute Gasteiger partial charge is 0.344 e. The van der Waals surface area contributed by atoms with Crippen molar-refractivity contribution in [3.8, 4) is 0 Å². The molecule has 2 aliphatic rings. The Morgan fingerprint density at radius 2 is 1.35 bits per heavy atom. The molecule has 0 aliphatic carbocycles. The summed E-state index contributed by atoms with van der Waals surface area (Å²) in [5.74, 6) is 1.85. The molecule has 106 valence electrons. The van der Waals surface area contributed by atoms with E-state index >= 15 is 0 Å². The number of rotatable bonds is 0. The van der Waals surface area contributed by atoms with Gasteiger partial charge in [-0.15, -0.1) is 0 Å². The first-order valence-electron chi connectivity index (χ1n) is 6.07. The van der Waals surface area contributed by atoms with Crippen LogP contribution in [-0.2, 0) is 0 Å².